The Bertz CT molecular complexity index is 518. The van der Waals surface area contributed by atoms with Gasteiger partial charge in [0, 0.05) is 29.6 Å². The van der Waals surface area contributed by atoms with Crippen molar-refractivity contribution >= 4 is 10.9 Å². The molecule has 1 aromatic heterocycles. The topological polar surface area (TPSA) is 25.2 Å². The molecule has 0 saturated carbocycles. The molecule has 0 aliphatic carbocycles. The number of rotatable bonds is 0. The second kappa shape index (κ2) is 3.07. The highest BCUT2D eigenvalue weighted by atomic mass is 19.1. The smallest absolute Gasteiger partial charge is 0.123 e. The third kappa shape index (κ3) is 1.35. The number of hydrogen-bond acceptors (Lipinski definition) is 1. The van der Waals surface area contributed by atoms with Crippen molar-refractivity contribution in [1.29, 1.82) is 0 Å². The lowest BCUT2D eigenvalue weighted by Crippen LogP contribution is -2.22. The Morgan fingerprint density at radius 2 is 2.20 bits per heavy atom. The summed E-state index contributed by atoms with van der Waals surface area (Å²) in [6.45, 7) is 0.825. The third-order valence-corrected chi connectivity index (χ3v) is 3.08. The summed E-state index contributed by atoms with van der Waals surface area (Å²) < 4.78 is 15.2. The quantitative estimate of drug-likeness (QED) is 0.700. The van der Waals surface area contributed by atoms with Crippen LogP contribution in [0.25, 0.3) is 10.9 Å². The first-order valence-corrected chi connectivity index (χ1v) is 5.20. The molecular weight excluding hydrogens is 193 g/mol. The number of hydrogen-bond donors (Lipinski definition) is 1. The van der Waals surface area contributed by atoms with E-state index >= 15 is 0 Å². The molecule has 0 fully saturated rings. The first kappa shape index (κ1) is 8.92. The van der Waals surface area contributed by atoms with Gasteiger partial charge in [0.05, 0.1) is 6.10 Å². The Kier molecular flexibility index (Phi) is 1.83. The summed E-state index contributed by atoms with van der Waals surface area (Å²) in [5.74, 6) is -0.203. The van der Waals surface area contributed by atoms with Gasteiger partial charge in [-0.15, -0.1) is 0 Å². The van der Waals surface area contributed by atoms with Gasteiger partial charge in [-0.25, -0.2) is 4.39 Å². The van der Waals surface area contributed by atoms with Crippen LogP contribution in [0, 0.1) is 5.82 Å². The SMILES string of the molecule is OC1CCn2c(cc3cc(F)ccc32)C1. The summed E-state index contributed by atoms with van der Waals surface area (Å²) in [5, 5.41) is 10.5. The molecule has 0 bridgehead atoms. The first-order valence-electron chi connectivity index (χ1n) is 5.20. The average molecular weight is 205 g/mol. The molecule has 0 saturated heterocycles. The molecule has 15 heavy (non-hydrogen) atoms. The van der Waals surface area contributed by atoms with Crippen molar-refractivity contribution in [1.82, 2.24) is 4.57 Å². The molecule has 2 nitrogen and oxygen atoms in total. The summed E-state index contributed by atoms with van der Waals surface area (Å²) >= 11 is 0. The minimum Gasteiger partial charge on any atom is -0.393 e. The second-order valence-corrected chi connectivity index (χ2v) is 4.14. The van der Waals surface area contributed by atoms with Crippen LogP contribution >= 0.6 is 0 Å². The summed E-state index contributed by atoms with van der Waals surface area (Å²) in [6.07, 6.45) is 1.22. The van der Waals surface area contributed by atoms with Crippen molar-refractivity contribution in [3.63, 3.8) is 0 Å². The lowest BCUT2D eigenvalue weighted by Gasteiger charge is -2.20. The zero-order chi connectivity index (χ0) is 10.4. The van der Waals surface area contributed by atoms with E-state index < -0.39 is 0 Å². The fourth-order valence-corrected chi connectivity index (χ4v) is 2.35. The highest BCUT2D eigenvalue weighted by Crippen LogP contribution is 2.25. The molecule has 3 heteroatoms. The van der Waals surface area contributed by atoms with Crippen LogP contribution in [0.3, 0.4) is 0 Å². The van der Waals surface area contributed by atoms with Gasteiger partial charge >= 0.3 is 0 Å². The molecule has 2 aromatic rings. The largest absolute Gasteiger partial charge is 0.393 e. The summed E-state index contributed by atoms with van der Waals surface area (Å²) in [4.78, 5) is 0. The number of aliphatic hydroxyl groups excluding tert-OH is 1. The van der Waals surface area contributed by atoms with E-state index in [-0.39, 0.29) is 11.9 Å². The lowest BCUT2D eigenvalue weighted by atomic mass is 10.1. The van der Waals surface area contributed by atoms with Crippen molar-refractivity contribution in [3.8, 4) is 0 Å². The van der Waals surface area contributed by atoms with Crippen molar-refractivity contribution in [2.45, 2.75) is 25.5 Å². The van der Waals surface area contributed by atoms with E-state index in [9.17, 15) is 9.50 Å². The molecular formula is C12H12FNO. The molecule has 1 unspecified atom stereocenters. The van der Waals surface area contributed by atoms with Gasteiger partial charge in [-0.2, -0.15) is 0 Å². The molecule has 1 aliphatic rings. The molecule has 0 spiro atoms. The van der Waals surface area contributed by atoms with E-state index in [1.807, 2.05) is 12.1 Å². The zero-order valence-electron chi connectivity index (χ0n) is 8.28. The highest BCUT2D eigenvalue weighted by molar-refractivity contribution is 5.81. The number of halogens is 1. The highest BCUT2D eigenvalue weighted by Gasteiger charge is 2.18. The van der Waals surface area contributed by atoms with Crippen LogP contribution in [-0.2, 0) is 13.0 Å². The van der Waals surface area contributed by atoms with Crippen LogP contribution in [0.2, 0.25) is 0 Å². The molecule has 1 atom stereocenters. The van der Waals surface area contributed by atoms with Gasteiger partial charge in [0.1, 0.15) is 5.82 Å². The molecule has 1 aliphatic heterocycles. The molecule has 2 heterocycles. The van der Waals surface area contributed by atoms with Crippen molar-refractivity contribution < 1.29 is 9.50 Å². The number of benzene rings is 1. The maximum absolute atomic E-state index is 13.0. The van der Waals surface area contributed by atoms with Crippen molar-refractivity contribution in [3.05, 3.63) is 35.8 Å². The van der Waals surface area contributed by atoms with Gasteiger partial charge in [0.2, 0.25) is 0 Å². The van der Waals surface area contributed by atoms with Crippen LogP contribution in [0.15, 0.2) is 24.3 Å². The van der Waals surface area contributed by atoms with Gasteiger partial charge in [-0.1, -0.05) is 0 Å². The van der Waals surface area contributed by atoms with Gasteiger partial charge < -0.3 is 9.67 Å². The van der Waals surface area contributed by atoms with Crippen LogP contribution < -0.4 is 0 Å². The predicted octanol–water partition coefficient (Wildman–Crippen LogP) is 2.09. The van der Waals surface area contributed by atoms with E-state index in [0.29, 0.717) is 6.42 Å². The fraction of sp³-hybridized carbons (Fsp3) is 0.333. The minimum absolute atomic E-state index is 0.203. The van der Waals surface area contributed by atoms with Crippen molar-refractivity contribution in [2.24, 2.45) is 0 Å². The van der Waals surface area contributed by atoms with Gasteiger partial charge in [-0.05, 0) is 30.7 Å². The molecule has 1 aromatic carbocycles. The van der Waals surface area contributed by atoms with E-state index in [0.717, 1.165) is 29.6 Å². The Morgan fingerprint density at radius 3 is 3.07 bits per heavy atom. The Balaban J connectivity index is 2.23. The summed E-state index contributed by atoms with van der Waals surface area (Å²) in [7, 11) is 0. The lowest BCUT2D eigenvalue weighted by molar-refractivity contribution is 0.144. The molecule has 3 rings (SSSR count). The third-order valence-electron chi connectivity index (χ3n) is 3.08. The van der Waals surface area contributed by atoms with Gasteiger partial charge in [0.25, 0.3) is 0 Å². The normalized spacial score (nSPS) is 20.5. The standard InChI is InChI=1S/C12H12FNO/c13-9-1-2-12-8(5-9)6-10-7-11(15)3-4-14(10)12/h1-2,5-6,11,15H,3-4,7H2. The minimum atomic E-state index is -0.244. The van der Waals surface area contributed by atoms with Crippen LogP contribution in [0.5, 0.6) is 0 Å². The Morgan fingerprint density at radius 1 is 1.33 bits per heavy atom. The summed E-state index contributed by atoms with van der Waals surface area (Å²) in [6, 6.07) is 6.82. The Labute approximate surface area is 86.9 Å². The van der Waals surface area contributed by atoms with E-state index in [4.69, 9.17) is 0 Å². The number of aromatic nitrogens is 1. The Hall–Kier alpha value is -1.35. The monoisotopic (exact) mass is 205 g/mol. The second-order valence-electron chi connectivity index (χ2n) is 4.14. The number of aryl methyl sites for hydroxylation is 1. The molecule has 1 N–H and O–H groups in total. The molecule has 0 radical (unpaired) electrons. The zero-order valence-corrected chi connectivity index (χ0v) is 8.28. The average Bonchev–Trinajstić information content (AvgIpc) is 2.53. The van der Waals surface area contributed by atoms with Gasteiger partial charge in [0.15, 0.2) is 0 Å². The predicted molar refractivity (Wildman–Crippen MR) is 56.2 cm³/mol. The number of fused-ring (bicyclic) bond motifs is 3. The van der Waals surface area contributed by atoms with Crippen LogP contribution in [0.1, 0.15) is 12.1 Å². The van der Waals surface area contributed by atoms with Gasteiger partial charge in [-0.3, -0.25) is 0 Å². The number of nitrogens with zero attached hydrogens (tertiary/aromatic N) is 1. The number of aliphatic hydroxyl groups is 1. The molecule has 0 amide bonds. The first-order chi connectivity index (χ1) is 7.24. The summed E-state index contributed by atoms with van der Waals surface area (Å²) in [5.41, 5.74) is 2.17. The molecule has 78 valence electrons. The van der Waals surface area contributed by atoms with Crippen LogP contribution in [0.4, 0.5) is 4.39 Å². The maximum Gasteiger partial charge on any atom is 0.123 e. The fourth-order valence-electron chi connectivity index (χ4n) is 2.35. The van der Waals surface area contributed by atoms with E-state index in [1.165, 1.54) is 6.07 Å². The van der Waals surface area contributed by atoms with Crippen LogP contribution in [-0.4, -0.2) is 15.8 Å². The van der Waals surface area contributed by atoms with E-state index in [2.05, 4.69) is 4.57 Å². The maximum atomic E-state index is 13.0. The van der Waals surface area contributed by atoms with Crippen molar-refractivity contribution in [2.75, 3.05) is 0 Å². The van der Waals surface area contributed by atoms with E-state index in [1.54, 1.807) is 6.07 Å².